The molecule has 0 aliphatic heterocycles. The molecule has 2 aromatic rings. The second kappa shape index (κ2) is 9.21. The quantitative estimate of drug-likeness (QED) is 0.690. The molecule has 0 aliphatic rings. The molecular formula is C19H23ClN2O4S. The van der Waals surface area contributed by atoms with Crippen LogP contribution >= 0.6 is 11.6 Å². The summed E-state index contributed by atoms with van der Waals surface area (Å²) in [6, 6.07) is 10.8. The summed E-state index contributed by atoms with van der Waals surface area (Å²) in [4.78, 5) is 12.5. The first-order valence-electron chi connectivity index (χ1n) is 8.56. The highest BCUT2D eigenvalue weighted by Gasteiger charge is 2.18. The lowest BCUT2D eigenvalue weighted by Crippen LogP contribution is -2.27. The van der Waals surface area contributed by atoms with Crippen molar-refractivity contribution < 1.29 is 17.9 Å². The highest BCUT2D eigenvalue weighted by atomic mass is 35.5. The van der Waals surface area contributed by atoms with Crippen LogP contribution in [-0.2, 0) is 10.0 Å². The van der Waals surface area contributed by atoms with Crippen molar-refractivity contribution >= 4 is 33.2 Å². The van der Waals surface area contributed by atoms with Gasteiger partial charge in [-0.1, -0.05) is 25.4 Å². The van der Waals surface area contributed by atoms with E-state index >= 15 is 0 Å². The summed E-state index contributed by atoms with van der Waals surface area (Å²) >= 11 is 5.84. The minimum absolute atomic E-state index is 0.0537. The molecule has 0 fully saturated rings. The normalized spacial score (nSPS) is 11.4. The summed E-state index contributed by atoms with van der Waals surface area (Å²) in [5.41, 5.74) is 0.678. The van der Waals surface area contributed by atoms with Crippen molar-refractivity contribution in [3.8, 4) is 5.75 Å². The van der Waals surface area contributed by atoms with E-state index in [1.807, 2.05) is 13.8 Å². The molecule has 0 aliphatic carbocycles. The first-order chi connectivity index (χ1) is 12.7. The number of rotatable bonds is 8. The Morgan fingerprint density at radius 2 is 1.81 bits per heavy atom. The number of sulfonamides is 1. The molecule has 27 heavy (non-hydrogen) atoms. The highest BCUT2D eigenvalue weighted by Crippen LogP contribution is 2.28. The minimum Gasteiger partial charge on any atom is -0.492 e. The van der Waals surface area contributed by atoms with Crippen LogP contribution in [0.2, 0.25) is 5.02 Å². The highest BCUT2D eigenvalue weighted by molar-refractivity contribution is 7.89. The van der Waals surface area contributed by atoms with Gasteiger partial charge in [0, 0.05) is 17.1 Å². The number of anilines is 1. The second-order valence-electron chi connectivity index (χ2n) is 6.30. The Balaban J connectivity index is 2.32. The van der Waals surface area contributed by atoms with Gasteiger partial charge in [0.15, 0.2) is 0 Å². The third kappa shape index (κ3) is 5.95. The molecule has 146 valence electrons. The predicted molar refractivity (Wildman–Crippen MR) is 107 cm³/mol. The van der Waals surface area contributed by atoms with Gasteiger partial charge in [0.05, 0.1) is 17.2 Å². The molecule has 0 aromatic heterocycles. The third-order valence-corrected chi connectivity index (χ3v) is 5.27. The van der Waals surface area contributed by atoms with E-state index in [0.717, 1.165) is 0 Å². The first-order valence-corrected chi connectivity index (χ1v) is 10.4. The standard InChI is InChI=1S/C19H23ClN2O4S/c1-4-26-18-10-9-16(27(24,25)21-12-13(2)3)11-17(18)22-19(23)14-5-7-15(20)8-6-14/h5-11,13,21H,4,12H2,1-3H3,(H,22,23). The lowest BCUT2D eigenvalue weighted by atomic mass is 10.2. The van der Waals surface area contributed by atoms with Gasteiger partial charge in [0.1, 0.15) is 5.75 Å². The molecule has 2 aromatic carbocycles. The molecule has 6 nitrogen and oxygen atoms in total. The molecular weight excluding hydrogens is 388 g/mol. The number of halogens is 1. The zero-order valence-corrected chi connectivity index (χ0v) is 17.0. The van der Waals surface area contributed by atoms with Crippen LogP contribution in [0.4, 0.5) is 5.69 Å². The van der Waals surface area contributed by atoms with Gasteiger partial charge < -0.3 is 10.1 Å². The minimum atomic E-state index is -3.69. The molecule has 0 saturated carbocycles. The molecule has 1 amide bonds. The molecule has 2 N–H and O–H groups in total. The Kier molecular flexibility index (Phi) is 7.24. The van der Waals surface area contributed by atoms with E-state index in [1.165, 1.54) is 18.2 Å². The van der Waals surface area contributed by atoms with E-state index in [0.29, 0.717) is 29.5 Å². The molecule has 0 atom stereocenters. The second-order valence-corrected chi connectivity index (χ2v) is 8.50. The summed E-state index contributed by atoms with van der Waals surface area (Å²) in [5, 5.41) is 3.23. The lowest BCUT2D eigenvalue weighted by molar-refractivity contribution is 0.102. The SMILES string of the molecule is CCOc1ccc(S(=O)(=O)NCC(C)C)cc1NC(=O)c1ccc(Cl)cc1. The molecule has 0 bridgehead atoms. The number of amides is 1. The fraction of sp³-hybridized carbons (Fsp3) is 0.316. The van der Waals surface area contributed by atoms with Gasteiger partial charge in [0.2, 0.25) is 10.0 Å². The van der Waals surface area contributed by atoms with Gasteiger partial charge in [-0.25, -0.2) is 13.1 Å². The van der Waals surface area contributed by atoms with Crippen LogP contribution in [-0.4, -0.2) is 27.5 Å². The van der Waals surface area contributed by atoms with Crippen molar-refractivity contribution in [1.29, 1.82) is 0 Å². The number of ether oxygens (including phenoxy) is 1. The van der Waals surface area contributed by atoms with Gasteiger partial charge in [-0.15, -0.1) is 0 Å². The molecule has 0 heterocycles. The number of nitrogens with one attached hydrogen (secondary N) is 2. The zero-order valence-electron chi connectivity index (χ0n) is 15.5. The number of hydrogen-bond acceptors (Lipinski definition) is 4. The zero-order chi connectivity index (χ0) is 20.0. The van der Waals surface area contributed by atoms with Crippen LogP contribution in [0.15, 0.2) is 47.4 Å². The van der Waals surface area contributed by atoms with E-state index < -0.39 is 15.9 Å². The molecule has 8 heteroatoms. The van der Waals surface area contributed by atoms with Crippen molar-refractivity contribution in [3.63, 3.8) is 0 Å². The van der Waals surface area contributed by atoms with Crippen LogP contribution in [0.5, 0.6) is 5.75 Å². The fourth-order valence-electron chi connectivity index (χ4n) is 2.21. The van der Waals surface area contributed by atoms with Crippen molar-refractivity contribution in [1.82, 2.24) is 4.72 Å². The predicted octanol–water partition coefficient (Wildman–Crippen LogP) is 3.93. The van der Waals surface area contributed by atoms with Crippen LogP contribution in [0, 0.1) is 5.92 Å². The van der Waals surface area contributed by atoms with Gasteiger partial charge >= 0.3 is 0 Å². The smallest absolute Gasteiger partial charge is 0.255 e. The van der Waals surface area contributed by atoms with E-state index in [9.17, 15) is 13.2 Å². The van der Waals surface area contributed by atoms with Crippen LogP contribution < -0.4 is 14.8 Å². The number of hydrogen-bond donors (Lipinski definition) is 2. The Bertz CT molecular complexity index is 896. The number of benzene rings is 2. The summed E-state index contributed by atoms with van der Waals surface area (Å²) in [6.45, 7) is 6.33. The largest absolute Gasteiger partial charge is 0.492 e. The maximum atomic E-state index is 12.5. The Hall–Kier alpha value is -2.09. The molecule has 2 rings (SSSR count). The van der Waals surface area contributed by atoms with Crippen LogP contribution in [0.1, 0.15) is 31.1 Å². The van der Waals surface area contributed by atoms with Gasteiger partial charge in [-0.3, -0.25) is 4.79 Å². The Labute approximate surface area is 164 Å². The summed E-state index contributed by atoms with van der Waals surface area (Å²) in [7, 11) is -3.69. The fourth-order valence-corrected chi connectivity index (χ4v) is 3.58. The van der Waals surface area contributed by atoms with E-state index in [2.05, 4.69) is 10.0 Å². The van der Waals surface area contributed by atoms with Gasteiger partial charge in [0.25, 0.3) is 5.91 Å². The summed E-state index contributed by atoms with van der Waals surface area (Å²) < 4.78 is 33.0. The molecule has 0 unspecified atom stereocenters. The number of carbonyl (C=O) groups excluding carboxylic acids is 1. The van der Waals surface area contributed by atoms with Crippen molar-refractivity contribution in [2.75, 3.05) is 18.5 Å². The monoisotopic (exact) mass is 410 g/mol. The van der Waals surface area contributed by atoms with Crippen molar-refractivity contribution in [2.24, 2.45) is 5.92 Å². The number of carbonyl (C=O) groups is 1. The Morgan fingerprint density at radius 3 is 2.41 bits per heavy atom. The molecule has 0 spiro atoms. The van der Waals surface area contributed by atoms with Gasteiger partial charge in [-0.2, -0.15) is 0 Å². The lowest BCUT2D eigenvalue weighted by Gasteiger charge is -2.14. The summed E-state index contributed by atoms with van der Waals surface area (Å²) in [5.74, 6) is 0.173. The van der Waals surface area contributed by atoms with Crippen molar-refractivity contribution in [2.45, 2.75) is 25.7 Å². The van der Waals surface area contributed by atoms with E-state index in [-0.39, 0.29) is 16.5 Å². The van der Waals surface area contributed by atoms with E-state index in [4.69, 9.17) is 16.3 Å². The maximum Gasteiger partial charge on any atom is 0.255 e. The van der Waals surface area contributed by atoms with Gasteiger partial charge in [-0.05, 0) is 55.3 Å². The summed E-state index contributed by atoms with van der Waals surface area (Å²) in [6.07, 6.45) is 0. The van der Waals surface area contributed by atoms with Crippen molar-refractivity contribution in [3.05, 3.63) is 53.1 Å². The van der Waals surface area contributed by atoms with Crippen LogP contribution in [0.25, 0.3) is 0 Å². The molecule has 0 radical (unpaired) electrons. The topological polar surface area (TPSA) is 84.5 Å². The first kappa shape index (κ1) is 21.2. The Morgan fingerprint density at radius 1 is 1.15 bits per heavy atom. The molecule has 0 saturated heterocycles. The van der Waals surface area contributed by atoms with Crippen LogP contribution in [0.3, 0.4) is 0 Å². The maximum absolute atomic E-state index is 12.5. The van der Waals surface area contributed by atoms with E-state index in [1.54, 1.807) is 31.2 Å². The third-order valence-electron chi connectivity index (χ3n) is 3.60. The average molecular weight is 411 g/mol. The average Bonchev–Trinajstić information content (AvgIpc) is 2.62.